The van der Waals surface area contributed by atoms with E-state index in [4.69, 9.17) is 14.2 Å². The molecule has 0 heterocycles. The largest absolute Gasteiger partial charge is 0.466 e. The molecule has 1 aromatic carbocycles. The van der Waals surface area contributed by atoms with E-state index in [1.165, 1.54) is 63.4 Å². The van der Waals surface area contributed by atoms with E-state index in [0.29, 0.717) is 26.4 Å². The SMILES string of the molecule is CCOC(=O)C[C@H](O)CCCCCCCCCCCC/C=C/CC/C=C/C[C@@H](C)OCOCc1ccccc1. The van der Waals surface area contributed by atoms with Gasteiger partial charge in [0.1, 0.15) is 6.79 Å². The van der Waals surface area contributed by atoms with Crippen molar-refractivity contribution in [3.63, 3.8) is 0 Å². The summed E-state index contributed by atoms with van der Waals surface area (Å²) < 4.78 is 16.2. The predicted molar refractivity (Wildman–Crippen MR) is 161 cm³/mol. The summed E-state index contributed by atoms with van der Waals surface area (Å²) in [5, 5.41) is 9.84. The van der Waals surface area contributed by atoms with Gasteiger partial charge in [0.2, 0.25) is 0 Å². The molecule has 0 bridgehead atoms. The number of rotatable bonds is 26. The Hall–Kier alpha value is -1.95. The van der Waals surface area contributed by atoms with E-state index >= 15 is 0 Å². The van der Waals surface area contributed by atoms with E-state index in [1.807, 2.05) is 18.2 Å². The van der Waals surface area contributed by atoms with Crippen LogP contribution in [0, 0.1) is 0 Å². The molecule has 1 aromatic rings. The van der Waals surface area contributed by atoms with Gasteiger partial charge in [0.25, 0.3) is 0 Å². The van der Waals surface area contributed by atoms with Crippen LogP contribution in [0.5, 0.6) is 0 Å². The van der Waals surface area contributed by atoms with Crippen LogP contribution in [0.2, 0.25) is 0 Å². The Morgan fingerprint density at radius 1 is 0.821 bits per heavy atom. The Labute approximate surface area is 239 Å². The maximum Gasteiger partial charge on any atom is 0.308 e. The Morgan fingerprint density at radius 3 is 2.08 bits per heavy atom. The summed E-state index contributed by atoms with van der Waals surface area (Å²) in [5.41, 5.74) is 1.17. The van der Waals surface area contributed by atoms with E-state index in [0.717, 1.165) is 32.1 Å². The third-order valence-corrected chi connectivity index (χ3v) is 6.71. The lowest BCUT2D eigenvalue weighted by molar-refractivity contribution is -0.145. The minimum atomic E-state index is -0.549. The molecule has 1 rings (SSSR count). The molecule has 0 aromatic heterocycles. The summed E-state index contributed by atoms with van der Waals surface area (Å²) in [4.78, 5) is 11.3. The molecular formula is C34H56O5. The molecule has 5 nitrogen and oxygen atoms in total. The fourth-order valence-corrected chi connectivity index (χ4v) is 4.37. The molecule has 0 saturated heterocycles. The van der Waals surface area contributed by atoms with Crippen molar-refractivity contribution in [1.29, 1.82) is 0 Å². The predicted octanol–water partition coefficient (Wildman–Crippen LogP) is 8.84. The van der Waals surface area contributed by atoms with Crippen molar-refractivity contribution in [2.24, 2.45) is 0 Å². The van der Waals surface area contributed by atoms with Gasteiger partial charge in [-0.25, -0.2) is 0 Å². The minimum Gasteiger partial charge on any atom is -0.466 e. The van der Waals surface area contributed by atoms with E-state index in [9.17, 15) is 9.90 Å². The molecule has 0 aliphatic carbocycles. The number of esters is 1. The van der Waals surface area contributed by atoms with Gasteiger partial charge in [-0.15, -0.1) is 0 Å². The second kappa shape index (κ2) is 26.3. The first kappa shape index (κ1) is 35.1. The smallest absolute Gasteiger partial charge is 0.308 e. The normalized spacial score (nSPS) is 13.3. The van der Waals surface area contributed by atoms with E-state index < -0.39 is 6.10 Å². The highest BCUT2D eigenvalue weighted by atomic mass is 16.7. The van der Waals surface area contributed by atoms with Gasteiger partial charge in [-0.05, 0) is 57.9 Å². The molecule has 0 amide bonds. The first-order chi connectivity index (χ1) is 19.1. The summed E-state index contributed by atoms with van der Waals surface area (Å²) >= 11 is 0. The summed E-state index contributed by atoms with van der Waals surface area (Å²) in [6, 6.07) is 10.2. The van der Waals surface area contributed by atoms with Gasteiger partial charge in [-0.2, -0.15) is 0 Å². The molecule has 222 valence electrons. The van der Waals surface area contributed by atoms with Crippen LogP contribution >= 0.6 is 0 Å². The van der Waals surface area contributed by atoms with Crippen LogP contribution in [0.1, 0.15) is 122 Å². The molecule has 0 saturated carbocycles. The highest BCUT2D eigenvalue weighted by Crippen LogP contribution is 2.14. The number of aliphatic hydroxyl groups excluding tert-OH is 1. The number of carbonyl (C=O) groups excluding carboxylic acids is 1. The molecule has 0 aliphatic rings. The second-order valence-electron chi connectivity index (χ2n) is 10.5. The zero-order valence-corrected chi connectivity index (χ0v) is 24.9. The second-order valence-corrected chi connectivity index (χ2v) is 10.5. The van der Waals surface area contributed by atoms with Crippen LogP contribution in [0.3, 0.4) is 0 Å². The minimum absolute atomic E-state index is 0.129. The van der Waals surface area contributed by atoms with Gasteiger partial charge < -0.3 is 19.3 Å². The van der Waals surface area contributed by atoms with Crippen molar-refractivity contribution < 1.29 is 24.1 Å². The highest BCUT2D eigenvalue weighted by Gasteiger charge is 2.10. The van der Waals surface area contributed by atoms with E-state index in [2.05, 4.69) is 43.4 Å². The molecule has 0 radical (unpaired) electrons. The highest BCUT2D eigenvalue weighted by molar-refractivity contribution is 5.69. The monoisotopic (exact) mass is 544 g/mol. The van der Waals surface area contributed by atoms with E-state index in [-0.39, 0.29) is 18.5 Å². The summed E-state index contributed by atoms with van der Waals surface area (Å²) in [7, 11) is 0. The standard InChI is InChI=1S/C34H56O5/c1-3-38-34(36)28-33(35)27-23-18-16-14-12-10-8-6-4-5-7-9-11-13-15-17-20-24-31(2)39-30-37-29-32-25-21-19-22-26-32/h9,11,17,19-22,25-26,31,33,35H,3-8,10,12-16,18,23-24,27-30H2,1-2H3/b11-9+,20-17+/t31-,33-/m1/s1. The number of unbranched alkanes of at least 4 members (excludes halogenated alkanes) is 11. The molecule has 5 heteroatoms. The number of ether oxygens (including phenoxy) is 3. The molecule has 0 spiro atoms. The van der Waals surface area contributed by atoms with Crippen molar-refractivity contribution in [1.82, 2.24) is 0 Å². The zero-order valence-electron chi connectivity index (χ0n) is 24.9. The van der Waals surface area contributed by atoms with Crippen molar-refractivity contribution in [2.75, 3.05) is 13.4 Å². The van der Waals surface area contributed by atoms with Crippen LogP contribution in [-0.2, 0) is 25.6 Å². The molecule has 0 fully saturated rings. The van der Waals surface area contributed by atoms with Crippen molar-refractivity contribution in [3.8, 4) is 0 Å². The Balaban J connectivity index is 1.79. The number of benzene rings is 1. The van der Waals surface area contributed by atoms with Gasteiger partial charge in [-0.3, -0.25) is 4.79 Å². The van der Waals surface area contributed by atoms with Crippen LogP contribution in [0.4, 0.5) is 0 Å². The number of allylic oxidation sites excluding steroid dienone is 3. The van der Waals surface area contributed by atoms with Gasteiger partial charge >= 0.3 is 5.97 Å². The Kier molecular flexibility index (Phi) is 23.6. The third-order valence-electron chi connectivity index (χ3n) is 6.71. The van der Waals surface area contributed by atoms with Crippen LogP contribution in [0.15, 0.2) is 54.6 Å². The summed E-state index contributed by atoms with van der Waals surface area (Å²) in [6.07, 6.45) is 26.5. The maximum absolute atomic E-state index is 11.3. The number of carbonyl (C=O) groups is 1. The number of hydrogen-bond acceptors (Lipinski definition) is 5. The third kappa shape index (κ3) is 23.6. The average molecular weight is 545 g/mol. The Morgan fingerprint density at radius 2 is 1.41 bits per heavy atom. The lowest BCUT2D eigenvalue weighted by atomic mass is 10.0. The zero-order chi connectivity index (χ0) is 28.2. The lowest BCUT2D eigenvalue weighted by Crippen LogP contribution is -2.15. The van der Waals surface area contributed by atoms with E-state index in [1.54, 1.807) is 6.92 Å². The van der Waals surface area contributed by atoms with Gasteiger partial charge in [0.15, 0.2) is 0 Å². The molecule has 2 atom stereocenters. The average Bonchev–Trinajstić information content (AvgIpc) is 2.93. The molecule has 1 N–H and O–H groups in total. The molecule has 0 aliphatic heterocycles. The fourth-order valence-electron chi connectivity index (χ4n) is 4.37. The van der Waals surface area contributed by atoms with Crippen molar-refractivity contribution in [3.05, 3.63) is 60.2 Å². The maximum atomic E-state index is 11.3. The molecule has 39 heavy (non-hydrogen) atoms. The van der Waals surface area contributed by atoms with Crippen molar-refractivity contribution >= 4 is 5.97 Å². The number of aliphatic hydroxyl groups is 1. The molecule has 0 unspecified atom stereocenters. The first-order valence-electron chi connectivity index (χ1n) is 15.5. The van der Waals surface area contributed by atoms with Crippen LogP contribution in [-0.4, -0.2) is 36.7 Å². The topological polar surface area (TPSA) is 65.0 Å². The summed E-state index contributed by atoms with van der Waals surface area (Å²) in [6.45, 7) is 5.18. The first-order valence-corrected chi connectivity index (χ1v) is 15.5. The quantitative estimate of drug-likeness (QED) is 0.0546. The van der Waals surface area contributed by atoms with Gasteiger partial charge in [0, 0.05) is 0 Å². The van der Waals surface area contributed by atoms with Gasteiger partial charge in [-0.1, -0.05) is 112 Å². The van der Waals surface area contributed by atoms with Crippen molar-refractivity contribution in [2.45, 2.75) is 135 Å². The number of hydrogen-bond donors (Lipinski definition) is 1. The van der Waals surface area contributed by atoms with Crippen LogP contribution in [0.25, 0.3) is 0 Å². The lowest BCUT2D eigenvalue weighted by Gasteiger charge is -2.11. The fraction of sp³-hybridized carbons (Fsp3) is 0.676. The Bertz CT molecular complexity index is 730. The summed E-state index contributed by atoms with van der Waals surface area (Å²) in [5.74, 6) is -0.293. The molecular weight excluding hydrogens is 488 g/mol. The van der Waals surface area contributed by atoms with Gasteiger partial charge in [0.05, 0.1) is 31.8 Å². The van der Waals surface area contributed by atoms with Crippen LogP contribution < -0.4 is 0 Å².